The van der Waals surface area contributed by atoms with Crippen LogP contribution in [0.15, 0.2) is 42.7 Å². The molecule has 33 heavy (non-hydrogen) atoms. The molecule has 4 rings (SSSR count). The van der Waals surface area contributed by atoms with Crippen LogP contribution in [0.3, 0.4) is 0 Å². The summed E-state index contributed by atoms with van der Waals surface area (Å²) in [5.74, 6) is 2.09. The van der Waals surface area contributed by atoms with E-state index in [1.165, 1.54) is 6.26 Å². The Morgan fingerprint density at radius 3 is 2.73 bits per heavy atom. The van der Waals surface area contributed by atoms with Crippen molar-refractivity contribution in [1.82, 2.24) is 19.3 Å². The monoisotopic (exact) mass is 468 g/mol. The van der Waals surface area contributed by atoms with Gasteiger partial charge in [-0.05, 0) is 56.4 Å². The first-order chi connectivity index (χ1) is 15.9. The van der Waals surface area contributed by atoms with Crippen molar-refractivity contribution >= 4 is 26.9 Å². The van der Waals surface area contributed by atoms with Crippen molar-refractivity contribution in [1.29, 1.82) is 5.26 Å². The molecule has 9 nitrogen and oxygen atoms in total. The number of anilines is 1. The van der Waals surface area contributed by atoms with Crippen LogP contribution in [0.5, 0.6) is 5.75 Å². The molecule has 10 heteroatoms. The van der Waals surface area contributed by atoms with Gasteiger partial charge in [0.15, 0.2) is 0 Å². The van der Waals surface area contributed by atoms with Crippen LogP contribution < -0.4 is 14.8 Å². The molecule has 0 aliphatic heterocycles. The molecular weight excluding hydrogens is 440 g/mol. The van der Waals surface area contributed by atoms with Gasteiger partial charge in [-0.15, -0.1) is 0 Å². The first-order valence-corrected chi connectivity index (χ1v) is 13.0. The number of nitriles is 1. The molecule has 0 unspecified atom stereocenters. The molecule has 0 atom stereocenters. The Balaban J connectivity index is 1.44. The van der Waals surface area contributed by atoms with Crippen molar-refractivity contribution in [3.05, 3.63) is 42.7 Å². The molecule has 1 fully saturated rings. The van der Waals surface area contributed by atoms with Gasteiger partial charge >= 0.3 is 0 Å². The minimum atomic E-state index is -3.18. The molecule has 2 N–H and O–H groups in total. The van der Waals surface area contributed by atoms with E-state index < -0.39 is 10.0 Å². The number of aromatic nitrogens is 3. The second-order valence-corrected chi connectivity index (χ2v) is 10.1. The van der Waals surface area contributed by atoms with Gasteiger partial charge in [-0.3, -0.25) is 0 Å². The number of fused-ring (bicyclic) bond motifs is 1. The second kappa shape index (κ2) is 10.2. The summed E-state index contributed by atoms with van der Waals surface area (Å²) in [7, 11) is -3.18. The maximum Gasteiger partial charge on any atom is 0.224 e. The van der Waals surface area contributed by atoms with Gasteiger partial charge in [0.1, 0.15) is 11.6 Å². The lowest BCUT2D eigenvalue weighted by molar-refractivity contribution is 0.316. The van der Waals surface area contributed by atoms with Gasteiger partial charge < -0.3 is 14.6 Å². The molecule has 0 spiro atoms. The Hall–Kier alpha value is -3.16. The fraction of sp³-hybridized carbons (Fsp3) is 0.435. The lowest BCUT2D eigenvalue weighted by Gasteiger charge is -2.29. The van der Waals surface area contributed by atoms with Gasteiger partial charge in [0, 0.05) is 36.3 Å². The van der Waals surface area contributed by atoms with Crippen LogP contribution in [0.1, 0.15) is 38.5 Å². The topological polar surface area (TPSA) is 122 Å². The molecule has 1 aliphatic rings. The SMILES string of the molecule is CS(=O)(=O)N[C@H]1CC[C@H](Nc2nccc(-n3ccc4c(OCCCC#N)cccc43)n2)CC1. The van der Waals surface area contributed by atoms with Crippen molar-refractivity contribution in [2.45, 2.75) is 50.6 Å². The Morgan fingerprint density at radius 2 is 1.97 bits per heavy atom. The van der Waals surface area contributed by atoms with Crippen LogP contribution in [0.25, 0.3) is 16.7 Å². The number of nitrogens with zero attached hydrogens (tertiary/aromatic N) is 4. The van der Waals surface area contributed by atoms with Gasteiger partial charge in [0.25, 0.3) is 0 Å². The standard InChI is InChI=1S/C23H28N6O3S/c1-33(30,31)28-18-9-7-17(8-10-18)26-23-25-14-11-22(27-23)29-15-12-19-20(29)5-4-6-21(19)32-16-3-2-13-24/h4-6,11-12,14-15,17-18,28H,2-3,7-10,16H2,1H3,(H,25,26,27)/t17-,18-. The normalized spacial score (nSPS) is 18.7. The number of benzene rings is 1. The molecule has 2 aromatic heterocycles. The maximum absolute atomic E-state index is 11.4. The fourth-order valence-electron chi connectivity index (χ4n) is 4.19. The van der Waals surface area contributed by atoms with Gasteiger partial charge in [-0.25, -0.2) is 18.1 Å². The second-order valence-electron chi connectivity index (χ2n) is 8.31. The number of hydrogen-bond acceptors (Lipinski definition) is 7. The fourth-order valence-corrected chi connectivity index (χ4v) is 5.03. The van der Waals surface area contributed by atoms with Crippen LogP contribution >= 0.6 is 0 Å². The molecule has 0 amide bonds. The molecule has 0 saturated heterocycles. The largest absolute Gasteiger partial charge is 0.493 e. The summed E-state index contributed by atoms with van der Waals surface area (Å²) >= 11 is 0. The van der Waals surface area contributed by atoms with Crippen LogP contribution in [0.4, 0.5) is 5.95 Å². The van der Waals surface area contributed by atoms with Crippen molar-refractivity contribution in [3.8, 4) is 17.6 Å². The minimum absolute atomic E-state index is 0.00661. The molecule has 1 saturated carbocycles. The summed E-state index contributed by atoms with van der Waals surface area (Å²) in [4.78, 5) is 9.09. The predicted octanol–water partition coefficient (Wildman–Crippen LogP) is 3.38. The van der Waals surface area contributed by atoms with Crippen molar-refractivity contribution in [2.24, 2.45) is 0 Å². The van der Waals surface area contributed by atoms with E-state index in [2.05, 4.69) is 21.1 Å². The van der Waals surface area contributed by atoms with Crippen LogP contribution in [0, 0.1) is 11.3 Å². The average Bonchev–Trinajstić information content (AvgIpc) is 3.22. The summed E-state index contributed by atoms with van der Waals surface area (Å²) in [6.07, 6.45) is 9.32. The van der Waals surface area contributed by atoms with Crippen LogP contribution in [-0.4, -0.2) is 47.9 Å². The summed E-state index contributed by atoms with van der Waals surface area (Å²) in [5, 5.41) is 13.1. The van der Waals surface area contributed by atoms with Crippen molar-refractivity contribution in [3.63, 3.8) is 0 Å². The highest BCUT2D eigenvalue weighted by Crippen LogP contribution is 2.29. The minimum Gasteiger partial charge on any atom is -0.493 e. The van der Waals surface area contributed by atoms with Gasteiger partial charge in [0.2, 0.25) is 16.0 Å². The number of hydrogen-bond donors (Lipinski definition) is 2. The predicted molar refractivity (Wildman–Crippen MR) is 127 cm³/mol. The third-order valence-corrected chi connectivity index (χ3v) is 6.47. The highest BCUT2D eigenvalue weighted by molar-refractivity contribution is 7.88. The molecule has 1 aromatic carbocycles. The summed E-state index contributed by atoms with van der Waals surface area (Å²) < 4.78 is 33.5. The molecule has 3 aromatic rings. The highest BCUT2D eigenvalue weighted by Gasteiger charge is 2.23. The number of rotatable bonds is 9. The molecule has 1 aliphatic carbocycles. The van der Waals surface area contributed by atoms with E-state index in [-0.39, 0.29) is 12.1 Å². The quantitative estimate of drug-likeness (QED) is 0.462. The first-order valence-electron chi connectivity index (χ1n) is 11.1. The van der Waals surface area contributed by atoms with Gasteiger partial charge in [-0.1, -0.05) is 6.07 Å². The zero-order valence-corrected chi connectivity index (χ0v) is 19.4. The lowest BCUT2D eigenvalue weighted by Crippen LogP contribution is -2.39. The number of nitrogens with one attached hydrogen (secondary N) is 2. The maximum atomic E-state index is 11.4. The van der Waals surface area contributed by atoms with Gasteiger partial charge in [-0.2, -0.15) is 10.2 Å². The molecule has 2 heterocycles. The van der Waals surface area contributed by atoms with Gasteiger partial charge in [0.05, 0.1) is 24.4 Å². The van der Waals surface area contributed by atoms with Crippen molar-refractivity contribution < 1.29 is 13.2 Å². The van der Waals surface area contributed by atoms with E-state index in [9.17, 15) is 8.42 Å². The van der Waals surface area contributed by atoms with Crippen LogP contribution in [0.2, 0.25) is 0 Å². The van der Waals surface area contributed by atoms with E-state index in [1.54, 1.807) is 6.20 Å². The smallest absolute Gasteiger partial charge is 0.224 e. The zero-order chi connectivity index (χ0) is 23.3. The number of sulfonamides is 1. The summed E-state index contributed by atoms with van der Waals surface area (Å²) in [6, 6.07) is 12.1. The summed E-state index contributed by atoms with van der Waals surface area (Å²) in [6.45, 7) is 0.501. The highest BCUT2D eigenvalue weighted by atomic mass is 32.2. The molecular formula is C23H28N6O3S. The molecule has 174 valence electrons. The number of ether oxygens (including phenoxy) is 1. The lowest BCUT2D eigenvalue weighted by atomic mass is 9.92. The van der Waals surface area contributed by atoms with Crippen LogP contribution in [-0.2, 0) is 10.0 Å². The first kappa shape index (κ1) is 23.0. The zero-order valence-electron chi connectivity index (χ0n) is 18.6. The van der Waals surface area contributed by atoms with E-state index in [4.69, 9.17) is 15.0 Å². The van der Waals surface area contributed by atoms with Crippen molar-refractivity contribution in [2.75, 3.05) is 18.2 Å². The molecule has 0 radical (unpaired) electrons. The Bertz CT molecular complexity index is 1240. The van der Waals surface area contributed by atoms with E-state index in [0.29, 0.717) is 25.4 Å². The Morgan fingerprint density at radius 1 is 1.18 bits per heavy atom. The third kappa shape index (κ3) is 6.00. The number of unbranched alkanes of at least 4 members (excludes halogenated alkanes) is 1. The Labute approximate surface area is 193 Å². The average molecular weight is 469 g/mol. The molecule has 0 bridgehead atoms. The van der Waals surface area contributed by atoms with E-state index >= 15 is 0 Å². The summed E-state index contributed by atoms with van der Waals surface area (Å²) in [5.41, 5.74) is 0.977. The van der Waals surface area contributed by atoms with E-state index in [0.717, 1.165) is 48.2 Å². The van der Waals surface area contributed by atoms with E-state index in [1.807, 2.05) is 41.1 Å². The third-order valence-electron chi connectivity index (χ3n) is 5.71. The Kier molecular flexibility index (Phi) is 7.11.